The topological polar surface area (TPSA) is 204 Å². The number of nitrogens with one attached hydrogen (secondary N) is 2. The molecule has 1 heterocycles. The molecular weight excluding hydrogens is 574 g/mol. The highest BCUT2D eigenvalue weighted by atomic mass is 32.2. The minimum Gasteiger partial charge on any atom is -0.395 e. The maximum atomic E-state index is 13.1. The van der Waals surface area contributed by atoms with E-state index >= 15 is 0 Å². The van der Waals surface area contributed by atoms with Crippen molar-refractivity contribution in [2.75, 3.05) is 62.3 Å². The molecule has 0 aliphatic rings. The fourth-order valence-corrected chi connectivity index (χ4v) is 5.82. The summed E-state index contributed by atoms with van der Waals surface area (Å²) in [5.41, 5.74) is 1.58. The average Bonchev–Trinajstić information content (AvgIpc) is 2.96. The number of sulfone groups is 1. The second kappa shape index (κ2) is 15.7. The van der Waals surface area contributed by atoms with Crippen LogP contribution in [-0.4, -0.2) is 103 Å². The van der Waals surface area contributed by atoms with Crippen LogP contribution in [0.25, 0.3) is 10.8 Å². The SMILES string of the molecule is Cc1c(C#N)c(NCCO)nc(NCCO)c1N=Nc1ccc2cc(S(=O)(=O)CCN(CC(C)O)CC(C)O)ccc2c1. The third-order valence-electron chi connectivity index (χ3n) is 6.48. The predicted octanol–water partition coefficient (Wildman–Crippen LogP) is 2.48. The maximum Gasteiger partial charge on any atom is 0.179 e. The Morgan fingerprint density at radius 1 is 0.953 bits per heavy atom. The molecule has 2 unspecified atom stereocenters. The molecule has 0 fully saturated rings. The molecular formula is C29H39N7O6S. The summed E-state index contributed by atoms with van der Waals surface area (Å²) >= 11 is 0. The van der Waals surface area contributed by atoms with Crippen LogP contribution < -0.4 is 10.6 Å². The van der Waals surface area contributed by atoms with Crippen LogP contribution in [0, 0.1) is 18.3 Å². The Morgan fingerprint density at radius 2 is 1.56 bits per heavy atom. The van der Waals surface area contributed by atoms with Crippen LogP contribution in [0.15, 0.2) is 51.5 Å². The van der Waals surface area contributed by atoms with Gasteiger partial charge < -0.3 is 31.1 Å². The minimum atomic E-state index is -3.63. The van der Waals surface area contributed by atoms with E-state index in [1.807, 2.05) is 0 Å². The number of benzene rings is 2. The van der Waals surface area contributed by atoms with Gasteiger partial charge >= 0.3 is 0 Å². The molecule has 0 saturated heterocycles. The van der Waals surface area contributed by atoms with Crippen molar-refractivity contribution < 1.29 is 28.8 Å². The largest absolute Gasteiger partial charge is 0.395 e. The first-order valence-electron chi connectivity index (χ1n) is 13.9. The molecule has 0 amide bonds. The molecule has 0 bridgehead atoms. The normalized spacial score (nSPS) is 13.4. The predicted molar refractivity (Wildman–Crippen MR) is 165 cm³/mol. The van der Waals surface area contributed by atoms with Crippen LogP contribution in [0.4, 0.5) is 23.0 Å². The lowest BCUT2D eigenvalue weighted by atomic mass is 10.1. The van der Waals surface area contributed by atoms with E-state index in [4.69, 9.17) is 5.11 Å². The van der Waals surface area contributed by atoms with E-state index < -0.39 is 22.0 Å². The Morgan fingerprint density at radius 3 is 2.16 bits per heavy atom. The number of nitriles is 1. The number of hydrogen-bond donors (Lipinski definition) is 6. The van der Waals surface area contributed by atoms with E-state index in [-0.39, 0.29) is 68.0 Å². The summed E-state index contributed by atoms with van der Waals surface area (Å²) in [6.45, 7) is 5.72. The molecule has 14 heteroatoms. The van der Waals surface area contributed by atoms with Gasteiger partial charge in [-0.25, -0.2) is 13.4 Å². The fraction of sp³-hybridized carbons (Fsp3) is 0.448. The van der Waals surface area contributed by atoms with E-state index in [0.717, 1.165) is 5.39 Å². The van der Waals surface area contributed by atoms with E-state index in [2.05, 4.69) is 31.9 Å². The van der Waals surface area contributed by atoms with Gasteiger partial charge in [-0.3, -0.25) is 4.90 Å². The molecule has 2 aromatic carbocycles. The van der Waals surface area contributed by atoms with Crippen molar-refractivity contribution >= 4 is 43.6 Å². The molecule has 6 N–H and O–H groups in total. The number of aliphatic hydroxyl groups excluding tert-OH is 4. The molecule has 232 valence electrons. The zero-order chi connectivity index (χ0) is 31.6. The lowest BCUT2D eigenvalue weighted by Crippen LogP contribution is -2.39. The molecule has 0 radical (unpaired) electrons. The van der Waals surface area contributed by atoms with Gasteiger partial charge in [0, 0.05) is 38.3 Å². The van der Waals surface area contributed by atoms with Crippen LogP contribution in [-0.2, 0) is 9.84 Å². The monoisotopic (exact) mass is 613 g/mol. The van der Waals surface area contributed by atoms with E-state index in [1.165, 1.54) is 6.07 Å². The van der Waals surface area contributed by atoms with Crippen LogP contribution in [0.2, 0.25) is 0 Å². The van der Waals surface area contributed by atoms with Crippen molar-refractivity contribution in [2.45, 2.75) is 37.9 Å². The zero-order valence-corrected chi connectivity index (χ0v) is 25.3. The highest BCUT2D eigenvalue weighted by molar-refractivity contribution is 7.91. The van der Waals surface area contributed by atoms with Crippen LogP contribution in [0.1, 0.15) is 25.0 Å². The molecule has 0 aliphatic carbocycles. The summed E-state index contributed by atoms with van der Waals surface area (Å²) < 4.78 is 26.2. The van der Waals surface area contributed by atoms with Crippen molar-refractivity contribution in [3.05, 3.63) is 47.5 Å². The van der Waals surface area contributed by atoms with Crippen LogP contribution >= 0.6 is 0 Å². The van der Waals surface area contributed by atoms with Crippen LogP contribution in [0.3, 0.4) is 0 Å². The van der Waals surface area contributed by atoms with Crippen LogP contribution in [0.5, 0.6) is 0 Å². The van der Waals surface area contributed by atoms with E-state index in [0.29, 0.717) is 28.1 Å². The number of azo groups is 1. The van der Waals surface area contributed by atoms with Gasteiger partial charge in [-0.15, -0.1) is 5.11 Å². The van der Waals surface area contributed by atoms with Crippen molar-refractivity contribution in [3.8, 4) is 6.07 Å². The quantitative estimate of drug-likeness (QED) is 0.130. The summed E-state index contributed by atoms with van der Waals surface area (Å²) in [6.07, 6.45) is -1.31. The smallest absolute Gasteiger partial charge is 0.179 e. The maximum absolute atomic E-state index is 13.1. The van der Waals surface area contributed by atoms with Crippen molar-refractivity contribution in [1.82, 2.24) is 9.88 Å². The van der Waals surface area contributed by atoms with Gasteiger partial charge in [0.1, 0.15) is 17.6 Å². The second-order valence-corrected chi connectivity index (χ2v) is 12.3. The standard InChI is InChI=1S/C29H39N7O6S/c1-19(39)17-36(18-20(2)40)10-13-43(41,42)25-7-5-22-14-24(6-4-23(22)15-25)34-35-27-21(3)26(16-30)28(31-8-11-37)33-29(27)32-9-12-38/h4-7,14-15,19-20,37-40H,8-13,17-18H2,1-3H3,(H2,31,32,33). The van der Waals surface area contributed by atoms with Crippen molar-refractivity contribution in [1.29, 1.82) is 5.26 Å². The Kier molecular flexibility index (Phi) is 12.3. The molecule has 0 spiro atoms. The van der Waals surface area contributed by atoms with Gasteiger partial charge in [-0.2, -0.15) is 10.4 Å². The lowest BCUT2D eigenvalue weighted by molar-refractivity contribution is 0.0873. The molecule has 1 aromatic heterocycles. The number of rotatable bonds is 16. The average molecular weight is 614 g/mol. The summed E-state index contributed by atoms with van der Waals surface area (Å²) in [4.78, 5) is 6.32. The summed E-state index contributed by atoms with van der Waals surface area (Å²) in [6, 6.07) is 12.1. The van der Waals surface area contributed by atoms with Gasteiger partial charge in [0.2, 0.25) is 0 Å². The van der Waals surface area contributed by atoms with Gasteiger partial charge in [0.25, 0.3) is 0 Å². The molecule has 3 rings (SSSR count). The highest BCUT2D eigenvalue weighted by Crippen LogP contribution is 2.35. The number of hydrogen-bond acceptors (Lipinski definition) is 13. The summed E-state index contributed by atoms with van der Waals surface area (Å²) in [5.74, 6) is 0.429. The first-order chi connectivity index (χ1) is 20.5. The minimum absolute atomic E-state index is 0.144. The van der Waals surface area contributed by atoms with Crippen molar-refractivity contribution in [2.24, 2.45) is 10.2 Å². The van der Waals surface area contributed by atoms with Gasteiger partial charge in [0.05, 0.1) is 47.3 Å². The van der Waals surface area contributed by atoms with Crippen molar-refractivity contribution in [3.63, 3.8) is 0 Å². The third-order valence-corrected chi connectivity index (χ3v) is 8.17. The molecule has 13 nitrogen and oxygen atoms in total. The number of pyridine rings is 1. The molecule has 0 aliphatic heterocycles. The van der Waals surface area contributed by atoms with Gasteiger partial charge in [0.15, 0.2) is 15.7 Å². The molecule has 43 heavy (non-hydrogen) atoms. The first-order valence-corrected chi connectivity index (χ1v) is 15.5. The first kappa shape index (κ1) is 33.8. The number of fused-ring (bicyclic) bond motifs is 1. The van der Waals surface area contributed by atoms with E-state index in [1.54, 1.807) is 56.0 Å². The zero-order valence-electron chi connectivity index (χ0n) is 24.5. The number of anilines is 2. The number of aromatic nitrogens is 1. The third kappa shape index (κ3) is 9.39. The Balaban J connectivity index is 1.87. The number of nitrogens with zero attached hydrogens (tertiary/aromatic N) is 5. The van der Waals surface area contributed by atoms with Gasteiger partial charge in [-0.1, -0.05) is 12.1 Å². The van der Waals surface area contributed by atoms with E-state index in [9.17, 15) is 29.0 Å². The molecule has 0 saturated carbocycles. The molecule has 2 atom stereocenters. The summed E-state index contributed by atoms with van der Waals surface area (Å²) in [5, 5.41) is 63.6. The lowest BCUT2D eigenvalue weighted by Gasteiger charge is -2.24. The Labute approximate surface area is 251 Å². The fourth-order valence-electron chi connectivity index (χ4n) is 4.50. The highest BCUT2D eigenvalue weighted by Gasteiger charge is 2.20. The summed E-state index contributed by atoms with van der Waals surface area (Å²) in [7, 11) is -3.63. The Bertz CT molecular complexity index is 1560. The Hall–Kier alpha value is -3.71. The van der Waals surface area contributed by atoms with Gasteiger partial charge in [-0.05, 0) is 55.8 Å². The molecule has 3 aromatic rings. The number of aliphatic hydroxyl groups is 4. The second-order valence-electron chi connectivity index (χ2n) is 10.2.